The predicted molar refractivity (Wildman–Crippen MR) is 68.7 cm³/mol. The summed E-state index contributed by atoms with van der Waals surface area (Å²) < 4.78 is 25.5. The minimum atomic E-state index is -3.10. The van der Waals surface area contributed by atoms with E-state index >= 15 is 0 Å². The van der Waals surface area contributed by atoms with E-state index in [0.717, 1.165) is 12.8 Å². The Labute approximate surface area is 108 Å². The molecule has 1 heterocycles. The van der Waals surface area contributed by atoms with Crippen LogP contribution in [-0.2, 0) is 10.0 Å². The fourth-order valence-corrected chi connectivity index (χ4v) is 3.82. The monoisotopic (exact) mass is 273 g/mol. The van der Waals surface area contributed by atoms with Crippen molar-refractivity contribution in [1.29, 1.82) is 0 Å². The number of hydrogen-bond acceptors (Lipinski definition) is 3. The second-order valence-corrected chi connectivity index (χ2v) is 6.82. The van der Waals surface area contributed by atoms with Crippen LogP contribution in [0.5, 0.6) is 0 Å². The Morgan fingerprint density at radius 2 is 1.89 bits per heavy atom. The van der Waals surface area contributed by atoms with Crippen molar-refractivity contribution in [2.45, 2.75) is 18.1 Å². The summed E-state index contributed by atoms with van der Waals surface area (Å²) in [6, 6.07) is -0.154. The van der Waals surface area contributed by atoms with Gasteiger partial charge in [-0.05, 0) is 12.8 Å². The first-order valence-electron chi connectivity index (χ1n) is 6.18. The summed E-state index contributed by atoms with van der Waals surface area (Å²) in [6.07, 6.45) is 3.18. The average Bonchev–Trinajstić information content (AvgIpc) is 3.20. The van der Waals surface area contributed by atoms with Gasteiger partial charge in [-0.2, -0.15) is 4.31 Å². The van der Waals surface area contributed by atoms with Crippen molar-refractivity contribution < 1.29 is 13.2 Å². The summed E-state index contributed by atoms with van der Waals surface area (Å²) in [6.45, 7) is 5.67. The smallest absolute Gasteiger partial charge is 0.317 e. The number of nitrogens with one attached hydrogen (secondary N) is 1. The standard InChI is InChI=1S/C11H19N3O3S/c1-2-5-12-11(15)13-6-8-14(9-7-13)18(16,17)10-3-4-10/h2,10H,1,3-9H2,(H,12,15). The minimum absolute atomic E-state index is 0.154. The third-order valence-electron chi connectivity index (χ3n) is 3.23. The van der Waals surface area contributed by atoms with E-state index in [-0.39, 0.29) is 11.3 Å². The van der Waals surface area contributed by atoms with E-state index in [0.29, 0.717) is 32.7 Å². The van der Waals surface area contributed by atoms with Crippen molar-refractivity contribution in [2.24, 2.45) is 0 Å². The molecule has 2 fully saturated rings. The normalized spacial score (nSPS) is 21.7. The van der Waals surface area contributed by atoms with Gasteiger partial charge in [-0.1, -0.05) is 6.08 Å². The van der Waals surface area contributed by atoms with Crippen LogP contribution in [0.25, 0.3) is 0 Å². The first-order valence-corrected chi connectivity index (χ1v) is 7.68. The average molecular weight is 273 g/mol. The maximum Gasteiger partial charge on any atom is 0.317 e. The zero-order chi connectivity index (χ0) is 13.2. The highest BCUT2D eigenvalue weighted by molar-refractivity contribution is 7.90. The van der Waals surface area contributed by atoms with Gasteiger partial charge in [-0.3, -0.25) is 0 Å². The van der Waals surface area contributed by atoms with Crippen LogP contribution in [0, 0.1) is 0 Å². The van der Waals surface area contributed by atoms with Gasteiger partial charge >= 0.3 is 6.03 Å². The van der Waals surface area contributed by atoms with Gasteiger partial charge in [0.25, 0.3) is 0 Å². The molecule has 0 atom stereocenters. The van der Waals surface area contributed by atoms with E-state index in [4.69, 9.17) is 0 Å². The van der Waals surface area contributed by atoms with Crippen molar-refractivity contribution in [3.8, 4) is 0 Å². The molecule has 1 aliphatic carbocycles. The highest BCUT2D eigenvalue weighted by Gasteiger charge is 2.41. The van der Waals surface area contributed by atoms with Crippen LogP contribution in [0.1, 0.15) is 12.8 Å². The van der Waals surface area contributed by atoms with Crippen molar-refractivity contribution in [3.05, 3.63) is 12.7 Å². The van der Waals surface area contributed by atoms with Crippen LogP contribution in [-0.4, -0.2) is 61.6 Å². The number of nitrogens with zero attached hydrogens (tertiary/aromatic N) is 2. The highest BCUT2D eigenvalue weighted by Crippen LogP contribution is 2.31. The lowest BCUT2D eigenvalue weighted by molar-refractivity contribution is 0.173. The summed E-state index contributed by atoms with van der Waals surface area (Å²) in [4.78, 5) is 13.3. The minimum Gasteiger partial charge on any atom is -0.335 e. The summed E-state index contributed by atoms with van der Waals surface area (Å²) in [5.41, 5.74) is 0. The summed E-state index contributed by atoms with van der Waals surface area (Å²) in [5.74, 6) is 0. The second kappa shape index (κ2) is 5.27. The molecule has 0 aromatic rings. The van der Waals surface area contributed by atoms with Gasteiger partial charge < -0.3 is 10.2 Å². The molecular weight excluding hydrogens is 254 g/mol. The van der Waals surface area contributed by atoms with E-state index in [1.807, 2.05) is 0 Å². The Bertz CT molecular complexity index is 423. The van der Waals surface area contributed by atoms with Gasteiger partial charge in [0, 0.05) is 32.7 Å². The van der Waals surface area contributed by atoms with Crippen LogP contribution in [0.3, 0.4) is 0 Å². The Morgan fingerprint density at radius 1 is 1.28 bits per heavy atom. The topological polar surface area (TPSA) is 69.7 Å². The van der Waals surface area contributed by atoms with E-state index < -0.39 is 10.0 Å². The lowest BCUT2D eigenvalue weighted by atomic mass is 10.4. The van der Waals surface area contributed by atoms with E-state index in [1.165, 1.54) is 4.31 Å². The zero-order valence-corrected chi connectivity index (χ0v) is 11.2. The molecule has 0 aromatic heterocycles. The van der Waals surface area contributed by atoms with Crippen molar-refractivity contribution >= 4 is 16.1 Å². The van der Waals surface area contributed by atoms with Gasteiger partial charge in [0.2, 0.25) is 10.0 Å². The fraction of sp³-hybridized carbons (Fsp3) is 0.727. The van der Waals surface area contributed by atoms with Crippen LogP contribution < -0.4 is 5.32 Å². The number of sulfonamides is 1. The number of urea groups is 1. The number of carbonyl (C=O) groups excluding carboxylic acids is 1. The molecule has 2 aliphatic rings. The highest BCUT2D eigenvalue weighted by atomic mass is 32.2. The van der Waals surface area contributed by atoms with Gasteiger partial charge in [0.05, 0.1) is 5.25 Å². The van der Waals surface area contributed by atoms with E-state index in [9.17, 15) is 13.2 Å². The quantitative estimate of drug-likeness (QED) is 0.733. The third kappa shape index (κ3) is 2.84. The van der Waals surface area contributed by atoms with Crippen LogP contribution in [0.15, 0.2) is 12.7 Å². The molecule has 1 saturated carbocycles. The maximum absolute atomic E-state index is 12.0. The van der Waals surface area contributed by atoms with Gasteiger partial charge in [-0.15, -0.1) is 6.58 Å². The molecule has 18 heavy (non-hydrogen) atoms. The van der Waals surface area contributed by atoms with Crippen LogP contribution in [0.2, 0.25) is 0 Å². The number of rotatable bonds is 4. The van der Waals surface area contributed by atoms with Crippen LogP contribution >= 0.6 is 0 Å². The molecule has 0 bridgehead atoms. The molecule has 7 heteroatoms. The fourth-order valence-electron chi connectivity index (χ4n) is 1.99. The molecule has 1 saturated heterocycles. The molecule has 6 nitrogen and oxygen atoms in total. The third-order valence-corrected chi connectivity index (χ3v) is 5.63. The number of hydrogen-bond donors (Lipinski definition) is 1. The largest absolute Gasteiger partial charge is 0.335 e. The Kier molecular flexibility index (Phi) is 3.91. The Morgan fingerprint density at radius 3 is 2.39 bits per heavy atom. The summed E-state index contributed by atoms with van der Waals surface area (Å²) >= 11 is 0. The van der Waals surface area contributed by atoms with Gasteiger partial charge in [0.1, 0.15) is 0 Å². The van der Waals surface area contributed by atoms with Crippen molar-refractivity contribution in [2.75, 3.05) is 32.7 Å². The number of carbonyl (C=O) groups is 1. The molecule has 1 aliphatic heterocycles. The molecule has 102 valence electrons. The molecule has 2 amide bonds. The number of piperazine rings is 1. The van der Waals surface area contributed by atoms with Crippen molar-refractivity contribution in [1.82, 2.24) is 14.5 Å². The predicted octanol–water partition coefficient (Wildman–Crippen LogP) is -0.00820. The molecule has 0 spiro atoms. The Balaban J connectivity index is 1.84. The molecule has 0 radical (unpaired) electrons. The van der Waals surface area contributed by atoms with Crippen molar-refractivity contribution in [3.63, 3.8) is 0 Å². The van der Waals surface area contributed by atoms with Gasteiger partial charge in [0.15, 0.2) is 0 Å². The first kappa shape index (κ1) is 13.4. The van der Waals surface area contributed by atoms with E-state index in [2.05, 4.69) is 11.9 Å². The summed E-state index contributed by atoms with van der Waals surface area (Å²) in [5, 5.41) is 2.52. The van der Waals surface area contributed by atoms with Crippen LogP contribution in [0.4, 0.5) is 4.79 Å². The SMILES string of the molecule is C=CCNC(=O)N1CCN(S(=O)(=O)C2CC2)CC1. The lowest BCUT2D eigenvalue weighted by Gasteiger charge is -2.33. The lowest BCUT2D eigenvalue weighted by Crippen LogP contribution is -2.53. The molecule has 2 rings (SSSR count). The zero-order valence-electron chi connectivity index (χ0n) is 10.3. The molecule has 0 aromatic carbocycles. The number of amides is 2. The maximum atomic E-state index is 12.0. The Hall–Kier alpha value is -1.08. The first-order chi connectivity index (χ1) is 8.55. The molecular formula is C11H19N3O3S. The molecule has 1 N–H and O–H groups in total. The summed E-state index contributed by atoms with van der Waals surface area (Å²) in [7, 11) is -3.10. The molecule has 0 unspecified atom stereocenters. The second-order valence-electron chi connectivity index (χ2n) is 4.61. The van der Waals surface area contributed by atoms with E-state index in [1.54, 1.807) is 11.0 Å². The van der Waals surface area contributed by atoms with Gasteiger partial charge in [-0.25, -0.2) is 13.2 Å².